The van der Waals surface area contributed by atoms with Crippen LogP contribution in [0.25, 0.3) is 0 Å². The highest BCUT2D eigenvalue weighted by Gasteiger charge is 2.34. The minimum absolute atomic E-state index is 0.0450. The number of benzene rings is 1. The number of rotatable bonds is 8. The van der Waals surface area contributed by atoms with Crippen molar-refractivity contribution in [1.29, 1.82) is 0 Å². The molecule has 3 atom stereocenters. The number of hydrogen-bond donors (Lipinski definition) is 2. The number of carbonyl (C=O) groups is 1. The van der Waals surface area contributed by atoms with E-state index in [0.29, 0.717) is 11.8 Å². The standard InChI is InChI=1S/C24H31N3O4/c1-15-13-27(14-16(2)31-15)22-8-6-18(20(11-24(28)29)17-4-5-17)10-21(22)26-19-7-9-23(30-3)25-12-19/h6-10,12,15-17,20,26H,4-5,11,13-14H2,1-3H3,(H,28,29)/t15-,16+,20?. The van der Waals surface area contributed by atoms with Gasteiger partial charge in [-0.2, -0.15) is 0 Å². The maximum atomic E-state index is 11.5. The molecule has 166 valence electrons. The molecule has 0 amide bonds. The molecular formula is C24H31N3O4. The van der Waals surface area contributed by atoms with Gasteiger partial charge in [-0.15, -0.1) is 0 Å². The number of ether oxygens (including phenoxy) is 2. The second kappa shape index (κ2) is 9.14. The quantitative estimate of drug-likeness (QED) is 0.648. The number of carboxylic acids is 1. The normalized spacial score (nSPS) is 22.1. The number of pyridine rings is 1. The largest absolute Gasteiger partial charge is 0.481 e. The molecule has 2 aromatic rings. The first kappa shape index (κ1) is 21.4. The Morgan fingerprint density at radius 1 is 1.26 bits per heavy atom. The highest BCUT2D eigenvalue weighted by molar-refractivity contribution is 5.77. The Hall–Kier alpha value is -2.80. The number of methoxy groups -OCH3 is 1. The van der Waals surface area contributed by atoms with Gasteiger partial charge in [-0.25, -0.2) is 4.98 Å². The minimum Gasteiger partial charge on any atom is -0.481 e. The third-order valence-corrected chi connectivity index (χ3v) is 6.02. The Balaban J connectivity index is 1.68. The fourth-order valence-corrected chi connectivity index (χ4v) is 4.51. The zero-order valence-electron chi connectivity index (χ0n) is 18.4. The number of nitrogens with one attached hydrogen (secondary N) is 1. The number of morpholine rings is 1. The third kappa shape index (κ3) is 5.28. The van der Waals surface area contributed by atoms with Crippen LogP contribution in [-0.2, 0) is 9.53 Å². The topological polar surface area (TPSA) is 83.9 Å². The number of nitrogens with zero attached hydrogens (tertiary/aromatic N) is 2. The van der Waals surface area contributed by atoms with Gasteiger partial charge in [0.05, 0.1) is 49.0 Å². The minimum atomic E-state index is -0.745. The molecule has 2 aliphatic rings. The fourth-order valence-electron chi connectivity index (χ4n) is 4.51. The summed E-state index contributed by atoms with van der Waals surface area (Å²) in [7, 11) is 1.60. The molecule has 1 aromatic carbocycles. The molecule has 1 aromatic heterocycles. The lowest BCUT2D eigenvalue weighted by Gasteiger charge is -2.38. The maximum Gasteiger partial charge on any atom is 0.303 e. The first-order valence-electron chi connectivity index (χ1n) is 11.0. The van der Waals surface area contributed by atoms with Crippen molar-refractivity contribution in [3.05, 3.63) is 42.1 Å². The van der Waals surface area contributed by atoms with Crippen LogP contribution in [-0.4, -0.2) is 48.5 Å². The lowest BCUT2D eigenvalue weighted by molar-refractivity contribution is -0.137. The molecule has 1 saturated heterocycles. The van der Waals surface area contributed by atoms with E-state index in [1.54, 1.807) is 13.3 Å². The van der Waals surface area contributed by atoms with Crippen molar-refractivity contribution in [3.63, 3.8) is 0 Å². The summed E-state index contributed by atoms with van der Waals surface area (Å²) in [6, 6.07) is 10.1. The number of hydrogen-bond acceptors (Lipinski definition) is 6. The molecule has 2 heterocycles. The average molecular weight is 426 g/mol. The van der Waals surface area contributed by atoms with Crippen molar-refractivity contribution >= 4 is 23.0 Å². The van der Waals surface area contributed by atoms with E-state index in [-0.39, 0.29) is 24.5 Å². The second-order valence-corrected chi connectivity index (χ2v) is 8.69. The highest BCUT2D eigenvalue weighted by Crippen LogP contribution is 2.46. The van der Waals surface area contributed by atoms with Crippen molar-refractivity contribution in [2.45, 2.75) is 51.2 Å². The van der Waals surface area contributed by atoms with E-state index in [0.717, 1.165) is 48.6 Å². The van der Waals surface area contributed by atoms with Crippen molar-refractivity contribution in [2.24, 2.45) is 5.92 Å². The maximum absolute atomic E-state index is 11.5. The summed E-state index contributed by atoms with van der Waals surface area (Å²) in [5.41, 5.74) is 3.98. The van der Waals surface area contributed by atoms with Crippen LogP contribution in [0.3, 0.4) is 0 Å². The van der Waals surface area contributed by atoms with Gasteiger partial charge in [-0.1, -0.05) is 6.07 Å². The van der Waals surface area contributed by atoms with E-state index in [4.69, 9.17) is 9.47 Å². The summed E-state index contributed by atoms with van der Waals surface area (Å²) in [6.07, 6.45) is 4.40. The monoisotopic (exact) mass is 425 g/mol. The zero-order chi connectivity index (χ0) is 22.0. The predicted molar refractivity (Wildman–Crippen MR) is 120 cm³/mol. The van der Waals surface area contributed by atoms with E-state index in [1.165, 1.54) is 0 Å². The van der Waals surface area contributed by atoms with Crippen LogP contribution in [0.1, 0.15) is 44.6 Å². The smallest absolute Gasteiger partial charge is 0.303 e. The summed E-state index contributed by atoms with van der Waals surface area (Å²) < 4.78 is 11.1. The van der Waals surface area contributed by atoms with Crippen LogP contribution in [0.5, 0.6) is 5.88 Å². The van der Waals surface area contributed by atoms with Gasteiger partial charge in [-0.3, -0.25) is 4.79 Å². The molecule has 7 heteroatoms. The highest BCUT2D eigenvalue weighted by atomic mass is 16.5. The van der Waals surface area contributed by atoms with Crippen molar-refractivity contribution in [1.82, 2.24) is 4.98 Å². The lowest BCUT2D eigenvalue weighted by atomic mass is 9.90. The molecule has 2 N–H and O–H groups in total. The van der Waals surface area contributed by atoms with Crippen molar-refractivity contribution in [2.75, 3.05) is 30.4 Å². The first-order valence-corrected chi connectivity index (χ1v) is 11.0. The SMILES string of the molecule is COc1ccc(Nc2cc(C(CC(=O)O)C3CC3)ccc2N2C[C@@H](C)O[C@@H](C)C2)cn1. The Labute approximate surface area is 183 Å². The zero-order valence-corrected chi connectivity index (χ0v) is 18.4. The molecule has 7 nitrogen and oxygen atoms in total. The molecule has 1 aliphatic heterocycles. The number of anilines is 3. The molecule has 31 heavy (non-hydrogen) atoms. The van der Waals surface area contributed by atoms with Crippen LogP contribution in [0.2, 0.25) is 0 Å². The van der Waals surface area contributed by atoms with Crippen molar-refractivity contribution in [3.8, 4) is 5.88 Å². The van der Waals surface area contributed by atoms with Crippen LogP contribution in [0, 0.1) is 5.92 Å². The van der Waals surface area contributed by atoms with Gasteiger partial charge in [0.25, 0.3) is 0 Å². The summed E-state index contributed by atoms with van der Waals surface area (Å²) in [5, 5.41) is 12.9. The molecule has 0 spiro atoms. The molecular weight excluding hydrogens is 394 g/mol. The molecule has 4 rings (SSSR count). The molecule has 1 saturated carbocycles. The van der Waals surface area contributed by atoms with Crippen LogP contribution in [0.4, 0.5) is 17.1 Å². The van der Waals surface area contributed by atoms with Crippen molar-refractivity contribution < 1.29 is 19.4 Å². The van der Waals surface area contributed by atoms with Gasteiger partial charge in [0.2, 0.25) is 5.88 Å². The summed E-state index contributed by atoms with van der Waals surface area (Å²) in [4.78, 5) is 18.1. The van der Waals surface area contributed by atoms with Crippen LogP contribution >= 0.6 is 0 Å². The molecule has 1 unspecified atom stereocenters. The van der Waals surface area contributed by atoms with Gasteiger partial charge in [0, 0.05) is 19.2 Å². The van der Waals surface area contributed by atoms with Crippen LogP contribution in [0.15, 0.2) is 36.5 Å². The Bertz CT molecular complexity index is 904. The first-order chi connectivity index (χ1) is 14.9. The predicted octanol–water partition coefficient (Wildman–Crippen LogP) is 4.42. The van der Waals surface area contributed by atoms with Gasteiger partial charge >= 0.3 is 5.97 Å². The van der Waals surface area contributed by atoms with E-state index < -0.39 is 5.97 Å². The summed E-state index contributed by atoms with van der Waals surface area (Å²) >= 11 is 0. The van der Waals surface area contributed by atoms with E-state index in [1.807, 2.05) is 12.1 Å². The summed E-state index contributed by atoms with van der Waals surface area (Å²) in [5.74, 6) is 0.320. The second-order valence-electron chi connectivity index (χ2n) is 8.69. The number of carboxylic acid groups (broad SMARTS) is 1. The lowest BCUT2D eigenvalue weighted by Crippen LogP contribution is -2.45. The third-order valence-electron chi connectivity index (χ3n) is 6.02. The van der Waals surface area contributed by atoms with Crippen LogP contribution < -0.4 is 15.0 Å². The molecule has 0 bridgehead atoms. The molecule has 0 radical (unpaired) electrons. The van der Waals surface area contributed by atoms with Gasteiger partial charge in [0.15, 0.2) is 0 Å². The Morgan fingerprint density at radius 2 is 2.00 bits per heavy atom. The average Bonchev–Trinajstić information content (AvgIpc) is 3.57. The van der Waals surface area contributed by atoms with E-state index in [9.17, 15) is 9.90 Å². The number of aromatic nitrogens is 1. The Kier molecular flexibility index (Phi) is 6.32. The van der Waals surface area contributed by atoms with Gasteiger partial charge < -0.3 is 24.8 Å². The van der Waals surface area contributed by atoms with Gasteiger partial charge in [-0.05, 0) is 62.3 Å². The summed E-state index contributed by atoms with van der Waals surface area (Å²) in [6.45, 7) is 5.79. The molecule has 1 aliphatic carbocycles. The van der Waals surface area contributed by atoms with E-state index >= 15 is 0 Å². The van der Waals surface area contributed by atoms with Gasteiger partial charge in [0.1, 0.15) is 0 Å². The molecule has 2 fully saturated rings. The Morgan fingerprint density at radius 3 is 2.58 bits per heavy atom. The number of aliphatic carboxylic acids is 1. The fraction of sp³-hybridized carbons (Fsp3) is 0.500. The van der Waals surface area contributed by atoms with E-state index in [2.05, 4.69) is 47.2 Å².